The lowest BCUT2D eigenvalue weighted by atomic mass is 9.73. The molecule has 2 aliphatic carbocycles. The summed E-state index contributed by atoms with van der Waals surface area (Å²) in [5.41, 5.74) is -1.09. The molecule has 2 fully saturated rings. The number of unbranched alkanes of at least 4 members (excludes halogenated alkanes) is 7. The molecular formula is C29H41O9P. The van der Waals surface area contributed by atoms with Gasteiger partial charge in [-0.2, -0.15) is 0 Å². The molecule has 3 unspecified atom stereocenters. The van der Waals surface area contributed by atoms with Gasteiger partial charge < -0.3 is 19.3 Å². The van der Waals surface area contributed by atoms with Crippen molar-refractivity contribution in [1.29, 1.82) is 0 Å². The Morgan fingerprint density at radius 1 is 0.923 bits per heavy atom. The minimum Gasteiger partial charge on any atom is -0.465 e. The molecule has 2 N–H and O–H groups in total. The lowest BCUT2D eigenvalue weighted by Crippen LogP contribution is -2.40. The minimum absolute atomic E-state index is 0.0259. The van der Waals surface area contributed by atoms with Crippen LogP contribution in [-0.2, 0) is 28.2 Å². The van der Waals surface area contributed by atoms with Crippen molar-refractivity contribution in [2.24, 2.45) is 16.7 Å². The molecule has 0 heterocycles. The molecule has 1 aromatic carbocycles. The zero-order chi connectivity index (χ0) is 28.5. The Labute approximate surface area is 230 Å². The number of phosphoric acid groups is 1. The lowest BCUT2D eigenvalue weighted by molar-refractivity contribution is -0.153. The predicted molar refractivity (Wildman–Crippen MR) is 145 cm³/mol. The number of ether oxygens (including phenoxy) is 2. The van der Waals surface area contributed by atoms with Crippen LogP contribution in [0, 0.1) is 16.7 Å². The smallest absolute Gasteiger partial charge is 0.465 e. The number of fused-ring (bicyclic) bond motifs is 1. The lowest BCUT2D eigenvalue weighted by Gasteiger charge is -2.29. The largest absolute Gasteiger partial charge is 0.469 e. The highest BCUT2D eigenvalue weighted by Crippen LogP contribution is 2.73. The highest BCUT2D eigenvalue weighted by molar-refractivity contribution is 7.46. The summed E-state index contributed by atoms with van der Waals surface area (Å²) in [5, 5.41) is 0. The van der Waals surface area contributed by atoms with Gasteiger partial charge in [0.25, 0.3) is 0 Å². The third-order valence-corrected chi connectivity index (χ3v) is 8.48. The molecule has 39 heavy (non-hydrogen) atoms. The summed E-state index contributed by atoms with van der Waals surface area (Å²) in [4.78, 5) is 56.7. The quantitative estimate of drug-likeness (QED) is 0.0587. The van der Waals surface area contributed by atoms with E-state index in [1.54, 1.807) is 31.2 Å². The van der Waals surface area contributed by atoms with E-state index in [-0.39, 0.29) is 31.3 Å². The maximum Gasteiger partial charge on any atom is 0.469 e. The van der Waals surface area contributed by atoms with E-state index in [4.69, 9.17) is 19.3 Å². The van der Waals surface area contributed by atoms with Gasteiger partial charge >= 0.3 is 19.8 Å². The van der Waals surface area contributed by atoms with Crippen LogP contribution in [-0.4, -0.2) is 47.3 Å². The molecule has 2 saturated carbocycles. The monoisotopic (exact) mass is 564 g/mol. The zero-order valence-electron chi connectivity index (χ0n) is 22.8. The van der Waals surface area contributed by atoms with Crippen molar-refractivity contribution in [3.63, 3.8) is 0 Å². The standard InChI is InChI=1S/C29H41O9P/c1-3-36-27(32)29(25(30)23-15-11-10-12-16-23)20-24-19-28(24,21-29)22(2)26(31)37-17-13-8-6-4-5-7-9-14-18-38-39(33,34)35/h10-12,15-16,24H,2-9,13-14,17-21H2,1H3,(H2,33,34,35). The fourth-order valence-corrected chi connectivity index (χ4v) is 6.20. The van der Waals surface area contributed by atoms with E-state index in [1.807, 2.05) is 6.07 Å². The summed E-state index contributed by atoms with van der Waals surface area (Å²) in [6.45, 7) is 6.30. The first-order chi connectivity index (χ1) is 18.6. The van der Waals surface area contributed by atoms with Crippen LogP contribution in [0.25, 0.3) is 0 Å². The number of hydrogen-bond donors (Lipinski definition) is 2. The van der Waals surface area contributed by atoms with E-state index < -0.39 is 30.6 Å². The molecule has 0 aliphatic heterocycles. The van der Waals surface area contributed by atoms with Gasteiger partial charge in [-0.15, -0.1) is 0 Å². The maximum absolute atomic E-state index is 13.5. The predicted octanol–water partition coefficient (Wildman–Crippen LogP) is 5.55. The van der Waals surface area contributed by atoms with Crippen LogP contribution < -0.4 is 0 Å². The summed E-state index contributed by atoms with van der Waals surface area (Å²) in [7, 11) is -4.37. The van der Waals surface area contributed by atoms with Gasteiger partial charge in [-0.1, -0.05) is 75.4 Å². The highest BCUT2D eigenvalue weighted by Gasteiger charge is 2.72. The second kappa shape index (κ2) is 13.8. The maximum atomic E-state index is 13.5. The van der Waals surface area contributed by atoms with E-state index in [0.717, 1.165) is 51.4 Å². The number of rotatable bonds is 18. The van der Waals surface area contributed by atoms with Gasteiger partial charge in [-0.25, -0.2) is 9.36 Å². The minimum atomic E-state index is -4.37. The Morgan fingerprint density at radius 3 is 2.10 bits per heavy atom. The molecule has 0 saturated heterocycles. The number of ketones is 1. The Morgan fingerprint density at radius 2 is 1.51 bits per heavy atom. The zero-order valence-corrected chi connectivity index (χ0v) is 23.7. The molecule has 2 aliphatic rings. The Balaban J connectivity index is 1.39. The Hall–Kier alpha value is -2.32. The van der Waals surface area contributed by atoms with Crippen LogP contribution in [0.15, 0.2) is 42.5 Å². The fraction of sp³-hybridized carbons (Fsp3) is 0.621. The van der Waals surface area contributed by atoms with Crippen LogP contribution >= 0.6 is 7.82 Å². The number of phosphoric ester groups is 1. The topological polar surface area (TPSA) is 136 Å². The molecule has 10 heteroatoms. The third kappa shape index (κ3) is 8.10. The highest BCUT2D eigenvalue weighted by atomic mass is 31.2. The van der Waals surface area contributed by atoms with Crippen molar-refractivity contribution in [2.75, 3.05) is 19.8 Å². The first-order valence-electron chi connectivity index (χ1n) is 13.9. The van der Waals surface area contributed by atoms with Crippen molar-refractivity contribution in [3.05, 3.63) is 48.0 Å². The first kappa shape index (κ1) is 31.2. The van der Waals surface area contributed by atoms with Crippen molar-refractivity contribution in [2.45, 2.75) is 77.6 Å². The van der Waals surface area contributed by atoms with Crippen LogP contribution in [0.4, 0.5) is 0 Å². The van der Waals surface area contributed by atoms with Crippen molar-refractivity contribution >= 4 is 25.5 Å². The molecular weight excluding hydrogens is 523 g/mol. The van der Waals surface area contributed by atoms with Gasteiger partial charge in [0.1, 0.15) is 5.41 Å². The third-order valence-electron chi connectivity index (χ3n) is 7.96. The molecule has 9 nitrogen and oxygen atoms in total. The number of carbonyl (C=O) groups is 3. The van der Waals surface area contributed by atoms with E-state index in [0.29, 0.717) is 30.6 Å². The van der Waals surface area contributed by atoms with Crippen molar-refractivity contribution in [1.82, 2.24) is 0 Å². The molecule has 216 valence electrons. The fourth-order valence-electron chi connectivity index (χ4n) is 5.83. The van der Waals surface area contributed by atoms with Gasteiger partial charge in [0.2, 0.25) is 0 Å². The Bertz CT molecular complexity index is 1070. The molecule has 0 spiro atoms. The van der Waals surface area contributed by atoms with E-state index >= 15 is 0 Å². The molecule has 3 rings (SSSR count). The molecule has 0 radical (unpaired) electrons. The van der Waals surface area contributed by atoms with Crippen LogP contribution in [0.5, 0.6) is 0 Å². The number of Topliss-reactive ketones (excluding diaryl/α,β-unsaturated/α-hetero) is 1. The summed E-state index contributed by atoms with van der Waals surface area (Å²) in [5.74, 6) is -1.22. The van der Waals surface area contributed by atoms with Crippen LogP contribution in [0.1, 0.15) is 87.9 Å². The average molecular weight is 565 g/mol. The average Bonchev–Trinajstić information content (AvgIpc) is 3.49. The summed E-state index contributed by atoms with van der Waals surface area (Å²) in [6.07, 6.45) is 8.48. The van der Waals surface area contributed by atoms with Gasteiger partial charge in [0.15, 0.2) is 5.78 Å². The summed E-state index contributed by atoms with van der Waals surface area (Å²) >= 11 is 0. The number of carbonyl (C=O) groups excluding carboxylic acids is 3. The number of benzene rings is 1. The van der Waals surface area contributed by atoms with E-state index in [2.05, 4.69) is 11.1 Å². The molecule has 0 bridgehead atoms. The van der Waals surface area contributed by atoms with Crippen LogP contribution in [0.3, 0.4) is 0 Å². The molecule has 0 aromatic heterocycles. The second-order valence-corrected chi connectivity index (χ2v) is 11.9. The molecule has 3 atom stereocenters. The van der Waals surface area contributed by atoms with Crippen molar-refractivity contribution in [3.8, 4) is 0 Å². The van der Waals surface area contributed by atoms with Gasteiger partial charge in [0, 0.05) is 16.6 Å². The van der Waals surface area contributed by atoms with Gasteiger partial charge in [-0.3, -0.25) is 14.1 Å². The van der Waals surface area contributed by atoms with E-state index in [1.165, 1.54) is 0 Å². The first-order valence-corrected chi connectivity index (χ1v) is 15.4. The summed E-state index contributed by atoms with van der Waals surface area (Å²) in [6, 6.07) is 8.75. The van der Waals surface area contributed by atoms with Gasteiger partial charge in [0.05, 0.1) is 19.8 Å². The van der Waals surface area contributed by atoms with Gasteiger partial charge in [-0.05, 0) is 44.9 Å². The van der Waals surface area contributed by atoms with E-state index in [9.17, 15) is 18.9 Å². The number of hydrogen-bond acceptors (Lipinski definition) is 7. The SMILES string of the molecule is C=C(C(=O)OCCCCCCCCCCOP(=O)(O)O)C12CC1CC(C(=O)OCC)(C(=O)c1ccccc1)C2. The summed E-state index contributed by atoms with van der Waals surface area (Å²) < 4.78 is 25.9. The van der Waals surface area contributed by atoms with Crippen molar-refractivity contribution < 1.29 is 42.7 Å². The van der Waals surface area contributed by atoms with Crippen LogP contribution in [0.2, 0.25) is 0 Å². The second-order valence-electron chi connectivity index (χ2n) is 10.7. The number of esters is 2. The Kier molecular flexibility index (Phi) is 11.1. The molecule has 1 aromatic rings. The molecule has 0 amide bonds. The normalized spacial score (nSPS) is 23.6.